The van der Waals surface area contributed by atoms with Gasteiger partial charge in [-0.25, -0.2) is 0 Å². The van der Waals surface area contributed by atoms with Crippen LogP contribution in [-0.2, 0) is 0 Å². The fraction of sp³-hybridized carbons (Fsp3) is 1.00. The lowest BCUT2D eigenvalue weighted by molar-refractivity contribution is 0.104. The van der Waals surface area contributed by atoms with Gasteiger partial charge in [-0.05, 0) is 45.4 Å². The molecule has 0 aromatic heterocycles. The van der Waals surface area contributed by atoms with E-state index in [4.69, 9.17) is 0 Å². The number of likely N-dealkylation sites (tertiary alicyclic amines) is 1. The van der Waals surface area contributed by atoms with Crippen molar-refractivity contribution in [2.24, 2.45) is 0 Å². The molecule has 1 heterocycles. The molecule has 2 unspecified atom stereocenters. The maximum Gasteiger partial charge on any atom is 0.00697 e. The molecule has 0 amide bonds. The van der Waals surface area contributed by atoms with Crippen LogP contribution in [0.4, 0.5) is 0 Å². The van der Waals surface area contributed by atoms with Crippen molar-refractivity contribution in [3.05, 3.63) is 0 Å². The van der Waals surface area contributed by atoms with Gasteiger partial charge in [0.2, 0.25) is 0 Å². The van der Waals surface area contributed by atoms with Crippen LogP contribution in [0.3, 0.4) is 0 Å². The minimum atomic E-state index is 0.800. The molecular formula is C10H21NS. The van der Waals surface area contributed by atoms with Gasteiger partial charge >= 0.3 is 0 Å². The number of hydrogen-bond acceptors (Lipinski definition) is 2. The van der Waals surface area contributed by atoms with Crippen LogP contribution in [-0.4, -0.2) is 29.3 Å². The molecule has 1 saturated heterocycles. The summed E-state index contributed by atoms with van der Waals surface area (Å²) < 4.78 is 0. The van der Waals surface area contributed by atoms with Crippen LogP contribution in [0.25, 0.3) is 0 Å². The highest BCUT2D eigenvalue weighted by Gasteiger charge is 2.23. The van der Waals surface area contributed by atoms with Crippen molar-refractivity contribution in [2.75, 3.05) is 12.3 Å². The molecule has 0 aliphatic carbocycles. The first kappa shape index (κ1) is 10.4. The Labute approximate surface area is 81.9 Å². The minimum Gasteiger partial charge on any atom is -0.298 e. The molecule has 0 N–H and O–H groups in total. The van der Waals surface area contributed by atoms with Gasteiger partial charge in [-0.2, -0.15) is 12.6 Å². The lowest BCUT2D eigenvalue weighted by Gasteiger charge is -2.38. The molecule has 0 bridgehead atoms. The second-order valence-corrected chi connectivity index (χ2v) is 4.39. The van der Waals surface area contributed by atoms with Crippen LogP contribution in [0.5, 0.6) is 0 Å². The Morgan fingerprint density at radius 1 is 1.25 bits per heavy atom. The zero-order valence-electron chi connectivity index (χ0n) is 8.29. The largest absolute Gasteiger partial charge is 0.298 e. The number of piperidine rings is 1. The van der Waals surface area contributed by atoms with E-state index in [1.165, 1.54) is 32.2 Å². The smallest absolute Gasteiger partial charge is 0.00697 e. The molecule has 1 nitrogen and oxygen atoms in total. The molecule has 1 aliphatic heterocycles. The molecule has 12 heavy (non-hydrogen) atoms. The molecule has 1 aliphatic rings. The third-order valence-corrected chi connectivity index (χ3v) is 3.27. The molecule has 72 valence electrons. The summed E-state index contributed by atoms with van der Waals surface area (Å²) >= 11 is 4.25. The van der Waals surface area contributed by atoms with Gasteiger partial charge in [-0.15, -0.1) is 0 Å². The summed E-state index contributed by atoms with van der Waals surface area (Å²) in [7, 11) is 0. The summed E-state index contributed by atoms with van der Waals surface area (Å²) in [5.74, 6) is 1.02. The van der Waals surface area contributed by atoms with E-state index < -0.39 is 0 Å². The molecule has 0 saturated carbocycles. The Morgan fingerprint density at radius 3 is 2.33 bits per heavy atom. The van der Waals surface area contributed by atoms with Crippen LogP contribution < -0.4 is 0 Å². The van der Waals surface area contributed by atoms with E-state index >= 15 is 0 Å². The van der Waals surface area contributed by atoms with Crippen molar-refractivity contribution in [2.45, 2.75) is 51.6 Å². The van der Waals surface area contributed by atoms with Crippen molar-refractivity contribution in [1.82, 2.24) is 4.90 Å². The van der Waals surface area contributed by atoms with E-state index in [2.05, 4.69) is 31.4 Å². The third-order valence-electron chi connectivity index (χ3n) is 2.95. The topological polar surface area (TPSA) is 3.24 Å². The third kappa shape index (κ3) is 2.67. The number of nitrogens with zero attached hydrogens (tertiary/aromatic N) is 1. The zero-order valence-corrected chi connectivity index (χ0v) is 9.19. The van der Waals surface area contributed by atoms with Gasteiger partial charge in [0.25, 0.3) is 0 Å². The van der Waals surface area contributed by atoms with E-state index in [1.54, 1.807) is 0 Å². The summed E-state index contributed by atoms with van der Waals surface area (Å²) in [6.07, 6.45) is 5.42. The van der Waals surface area contributed by atoms with Crippen molar-refractivity contribution >= 4 is 12.6 Å². The van der Waals surface area contributed by atoms with Crippen LogP contribution in [0.2, 0.25) is 0 Å². The molecule has 0 radical (unpaired) electrons. The lowest BCUT2D eigenvalue weighted by Crippen LogP contribution is -2.44. The first-order valence-electron chi connectivity index (χ1n) is 5.12. The summed E-state index contributed by atoms with van der Waals surface area (Å²) in [4.78, 5) is 2.64. The molecule has 0 aromatic rings. The van der Waals surface area contributed by atoms with Crippen LogP contribution in [0.15, 0.2) is 0 Å². The standard InChI is InChI=1S/C10H21NS/c1-9-5-3-6-10(2)11(9)7-4-8-12/h9-10,12H,3-8H2,1-2H3. The normalized spacial score (nSPS) is 32.2. The monoisotopic (exact) mass is 187 g/mol. The second-order valence-electron chi connectivity index (χ2n) is 3.94. The number of thiol groups is 1. The van der Waals surface area contributed by atoms with Gasteiger partial charge in [-0.1, -0.05) is 6.42 Å². The van der Waals surface area contributed by atoms with Gasteiger partial charge in [-0.3, -0.25) is 4.90 Å². The van der Waals surface area contributed by atoms with Gasteiger partial charge in [0, 0.05) is 12.1 Å². The Kier molecular flexibility index (Phi) is 4.44. The minimum absolute atomic E-state index is 0.800. The average Bonchev–Trinajstić information content (AvgIpc) is 2.04. The van der Waals surface area contributed by atoms with Crippen LogP contribution in [0, 0.1) is 0 Å². The maximum atomic E-state index is 4.25. The fourth-order valence-electron chi connectivity index (χ4n) is 2.17. The quantitative estimate of drug-likeness (QED) is 0.665. The first-order chi connectivity index (χ1) is 5.75. The predicted octanol–water partition coefficient (Wildman–Crippen LogP) is 2.57. The van der Waals surface area contributed by atoms with Crippen molar-refractivity contribution < 1.29 is 0 Å². The molecule has 0 spiro atoms. The van der Waals surface area contributed by atoms with E-state index in [0.717, 1.165) is 17.8 Å². The van der Waals surface area contributed by atoms with Crippen molar-refractivity contribution in [3.8, 4) is 0 Å². The van der Waals surface area contributed by atoms with E-state index in [9.17, 15) is 0 Å². The molecule has 1 rings (SSSR count). The Morgan fingerprint density at radius 2 is 1.83 bits per heavy atom. The van der Waals surface area contributed by atoms with Gasteiger partial charge in [0.15, 0.2) is 0 Å². The average molecular weight is 187 g/mol. The predicted molar refractivity (Wildman–Crippen MR) is 58.0 cm³/mol. The highest BCUT2D eigenvalue weighted by Crippen LogP contribution is 2.22. The Hall–Kier alpha value is 0.310. The number of hydrogen-bond donors (Lipinski definition) is 1. The number of rotatable bonds is 3. The van der Waals surface area contributed by atoms with E-state index in [-0.39, 0.29) is 0 Å². The van der Waals surface area contributed by atoms with Crippen molar-refractivity contribution in [1.29, 1.82) is 0 Å². The molecule has 2 heteroatoms. The van der Waals surface area contributed by atoms with Gasteiger partial charge in [0.1, 0.15) is 0 Å². The van der Waals surface area contributed by atoms with Gasteiger partial charge in [0.05, 0.1) is 0 Å². The highest BCUT2D eigenvalue weighted by atomic mass is 32.1. The Balaban J connectivity index is 2.34. The summed E-state index contributed by atoms with van der Waals surface area (Å²) in [5, 5.41) is 0. The second kappa shape index (κ2) is 5.13. The Bertz CT molecular complexity index is 117. The molecule has 0 aromatic carbocycles. The van der Waals surface area contributed by atoms with E-state index in [0.29, 0.717) is 0 Å². The molecule has 1 fully saturated rings. The van der Waals surface area contributed by atoms with Crippen LogP contribution in [0.1, 0.15) is 39.5 Å². The summed E-state index contributed by atoms with van der Waals surface area (Å²) in [6, 6.07) is 1.60. The van der Waals surface area contributed by atoms with Gasteiger partial charge < -0.3 is 0 Å². The summed E-state index contributed by atoms with van der Waals surface area (Å²) in [5.41, 5.74) is 0. The fourth-order valence-corrected chi connectivity index (χ4v) is 2.31. The lowest BCUT2D eigenvalue weighted by atomic mass is 9.97. The molecular weight excluding hydrogens is 166 g/mol. The summed E-state index contributed by atoms with van der Waals surface area (Å²) in [6.45, 7) is 5.95. The van der Waals surface area contributed by atoms with Crippen LogP contribution >= 0.6 is 12.6 Å². The first-order valence-corrected chi connectivity index (χ1v) is 5.75. The van der Waals surface area contributed by atoms with E-state index in [1.807, 2.05) is 0 Å². The van der Waals surface area contributed by atoms with Crippen molar-refractivity contribution in [3.63, 3.8) is 0 Å². The maximum absolute atomic E-state index is 4.25. The zero-order chi connectivity index (χ0) is 8.97. The molecule has 2 atom stereocenters. The highest BCUT2D eigenvalue weighted by molar-refractivity contribution is 7.80. The SMILES string of the molecule is CC1CCCC(C)N1CCCS.